The topological polar surface area (TPSA) is 58.0 Å². The van der Waals surface area contributed by atoms with Gasteiger partial charge in [0.2, 0.25) is 0 Å². The molecule has 1 aromatic heterocycles. The van der Waals surface area contributed by atoms with E-state index in [0.29, 0.717) is 5.15 Å². The van der Waals surface area contributed by atoms with E-state index in [9.17, 15) is 5.11 Å². The normalized spacial score (nSPS) is 23.4. The number of anilines is 1. The Labute approximate surface area is 119 Å². The van der Waals surface area contributed by atoms with Gasteiger partial charge in [-0.2, -0.15) is 0 Å². The largest absolute Gasteiger partial charge is 0.391 e. The average Bonchev–Trinajstić information content (AvgIpc) is 2.38. The lowest BCUT2D eigenvalue weighted by Gasteiger charge is -2.29. The first-order valence-electron chi connectivity index (χ1n) is 7.09. The summed E-state index contributed by atoms with van der Waals surface area (Å²) in [6.07, 6.45) is 5.60. The molecule has 1 aliphatic carbocycles. The Morgan fingerprint density at radius 2 is 2.05 bits per heavy atom. The summed E-state index contributed by atoms with van der Waals surface area (Å²) in [7, 11) is 0. The molecule has 1 aliphatic rings. The van der Waals surface area contributed by atoms with Gasteiger partial charge in [0.15, 0.2) is 0 Å². The molecule has 1 aromatic rings. The summed E-state index contributed by atoms with van der Waals surface area (Å²) in [6.45, 7) is 4.00. The standard InChI is InChI=1S/C14H22ClN3O/c1-3-6-12-17-13(15)9(2)14(18-12)16-10-7-4-5-8-11(10)19/h10-11,19H,3-8H2,1-2H3,(H,16,17,18). The number of nitrogens with one attached hydrogen (secondary N) is 1. The van der Waals surface area contributed by atoms with Crippen molar-refractivity contribution in [2.24, 2.45) is 0 Å². The van der Waals surface area contributed by atoms with Crippen LogP contribution < -0.4 is 5.32 Å². The molecule has 2 rings (SSSR count). The van der Waals surface area contributed by atoms with Gasteiger partial charge in [-0.15, -0.1) is 0 Å². The van der Waals surface area contributed by atoms with Crippen LogP contribution in [0.4, 0.5) is 5.82 Å². The number of rotatable bonds is 4. The fourth-order valence-electron chi connectivity index (χ4n) is 2.46. The van der Waals surface area contributed by atoms with Gasteiger partial charge in [-0.3, -0.25) is 0 Å². The predicted molar refractivity (Wildman–Crippen MR) is 77.7 cm³/mol. The smallest absolute Gasteiger partial charge is 0.137 e. The van der Waals surface area contributed by atoms with Crippen molar-refractivity contribution in [1.29, 1.82) is 0 Å². The lowest BCUT2D eigenvalue weighted by molar-refractivity contribution is 0.116. The zero-order valence-electron chi connectivity index (χ0n) is 11.6. The van der Waals surface area contributed by atoms with E-state index >= 15 is 0 Å². The summed E-state index contributed by atoms with van der Waals surface area (Å²) in [5.74, 6) is 1.54. The molecule has 0 aliphatic heterocycles. The molecular weight excluding hydrogens is 262 g/mol. The molecule has 1 fully saturated rings. The number of hydrogen-bond donors (Lipinski definition) is 2. The highest BCUT2D eigenvalue weighted by Gasteiger charge is 2.24. The van der Waals surface area contributed by atoms with E-state index in [1.165, 1.54) is 0 Å². The number of aliphatic hydroxyl groups excluding tert-OH is 1. The van der Waals surface area contributed by atoms with Crippen molar-refractivity contribution in [3.05, 3.63) is 16.5 Å². The van der Waals surface area contributed by atoms with Crippen molar-refractivity contribution in [1.82, 2.24) is 9.97 Å². The van der Waals surface area contributed by atoms with E-state index in [1.807, 2.05) is 6.92 Å². The van der Waals surface area contributed by atoms with E-state index in [2.05, 4.69) is 22.2 Å². The molecule has 0 radical (unpaired) electrons. The van der Waals surface area contributed by atoms with Crippen molar-refractivity contribution in [3.63, 3.8) is 0 Å². The number of aromatic nitrogens is 2. The second-order valence-electron chi connectivity index (χ2n) is 5.26. The number of hydrogen-bond acceptors (Lipinski definition) is 4. The van der Waals surface area contributed by atoms with Crippen LogP contribution in [0.25, 0.3) is 0 Å². The first-order chi connectivity index (χ1) is 9.11. The van der Waals surface area contributed by atoms with Gasteiger partial charge in [-0.25, -0.2) is 9.97 Å². The fourth-order valence-corrected chi connectivity index (χ4v) is 2.65. The molecule has 2 N–H and O–H groups in total. The molecule has 2 unspecified atom stereocenters. The molecule has 0 bridgehead atoms. The van der Waals surface area contributed by atoms with Crippen molar-refractivity contribution in [2.45, 2.75) is 64.5 Å². The van der Waals surface area contributed by atoms with Crippen LogP contribution in [0.2, 0.25) is 5.15 Å². The molecule has 1 heterocycles. The van der Waals surface area contributed by atoms with Gasteiger partial charge >= 0.3 is 0 Å². The highest BCUT2D eigenvalue weighted by Crippen LogP contribution is 2.25. The van der Waals surface area contributed by atoms with Gasteiger partial charge in [0.05, 0.1) is 12.1 Å². The quantitative estimate of drug-likeness (QED) is 0.834. The number of halogens is 1. The highest BCUT2D eigenvalue weighted by atomic mass is 35.5. The maximum atomic E-state index is 10.0. The third-order valence-electron chi connectivity index (χ3n) is 3.66. The van der Waals surface area contributed by atoms with Gasteiger partial charge in [0, 0.05) is 12.0 Å². The molecule has 0 saturated heterocycles. The minimum Gasteiger partial charge on any atom is -0.391 e. The summed E-state index contributed by atoms with van der Waals surface area (Å²) >= 11 is 6.16. The first kappa shape index (κ1) is 14.5. The van der Waals surface area contributed by atoms with E-state index < -0.39 is 0 Å². The molecule has 19 heavy (non-hydrogen) atoms. The molecule has 0 amide bonds. The van der Waals surface area contributed by atoms with Crippen molar-refractivity contribution in [3.8, 4) is 0 Å². The Morgan fingerprint density at radius 1 is 1.32 bits per heavy atom. The minimum atomic E-state index is -0.295. The Bertz CT molecular complexity index is 439. The Hall–Kier alpha value is -0.870. The molecule has 1 saturated carbocycles. The average molecular weight is 284 g/mol. The fraction of sp³-hybridized carbons (Fsp3) is 0.714. The van der Waals surface area contributed by atoms with E-state index in [4.69, 9.17) is 11.6 Å². The van der Waals surface area contributed by atoms with Crippen LogP contribution in [0.3, 0.4) is 0 Å². The second kappa shape index (κ2) is 6.53. The number of aryl methyl sites for hydroxylation is 1. The molecule has 5 heteroatoms. The maximum absolute atomic E-state index is 10.0. The zero-order valence-corrected chi connectivity index (χ0v) is 12.4. The van der Waals surface area contributed by atoms with Gasteiger partial charge in [0.1, 0.15) is 16.8 Å². The Kier molecular flexibility index (Phi) is 4.99. The van der Waals surface area contributed by atoms with Crippen LogP contribution in [0.5, 0.6) is 0 Å². The minimum absolute atomic E-state index is 0.0768. The molecular formula is C14H22ClN3O. The van der Waals surface area contributed by atoms with Gasteiger partial charge in [-0.05, 0) is 26.2 Å². The van der Waals surface area contributed by atoms with Crippen LogP contribution in [0, 0.1) is 6.92 Å². The van der Waals surface area contributed by atoms with Gasteiger partial charge < -0.3 is 10.4 Å². The third kappa shape index (κ3) is 3.57. The van der Waals surface area contributed by atoms with Crippen LogP contribution in [0.1, 0.15) is 50.4 Å². The van der Waals surface area contributed by atoms with Crippen LogP contribution >= 0.6 is 11.6 Å². The van der Waals surface area contributed by atoms with Crippen LogP contribution in [-0.2, 0) is 6.42 Å². The third-order valence-corrected chi connectivity index (χ3v) is 4.03. The predicted octanol–water partition coefficient (Wildman–Crippen LogP) is 3.11. The van der Waals surface area contributed by atoms with Crippen LogP contribution in [-0.4, -0.2) is 27.2 Å². The Balaban J connectivity index is 2.18. The van der Waals surface area contributed by atoms with E-state index in [0.717, 1.165) is 55.7 Å². The monoisotopic (exact) mass is 283 g/mol. The summed E-state index contributed by atoms with van der Waals surface area (Å²) in [5, 5.41) is 13.9. The SMILES string of the molecule is CCCc1nc(Cl)c(C)c(NC2CCCCC2O)n1. The summed E-state index contributed by atoms with van der Waals surface area (Å²) in [6, 6.07) is 0.0768. The summed E-state index contributed by atoms with van der Waals surface area (Å²) in [5.41, 5.74) is 0.860. The summed E-state index contributed by atoms with van der Waals surface area (Å²) < 4.78 is 0. The molecule has 106 valence electrons. The lowest BCUT2D eigenvalue weighted by Crippen LogP contribution is -2.36. The number of nitrogens with zero attached hydrogens (tertiary/aromatic N) is 2. The molecule has 0 aromatic carbocycles. The van der Waals surface area contributed by atoms with Crippen LogP contribution in [0.15, 0.2) is 0 Å². The summed E-state index contributed by atoms with van der Waals surface area (Å²) in [4.78, 5) is 8.82. The number of aliphatic hydroxyl groups is 1. The van der Waals surface area contributed by atoms with Crippen molar-refractivity contribution < 1.29 is 5.11 Å². The zero-order chi connectivity index (χ0) is 13.8. The lowest BCUT2D eigenvalue weighted by atomic mass is 9.92. The van der Waals surface area contributed by atoms with Gasteiger partial charge in [0.25, 0.3) is 0 Å². The molecule has 0 spiro atoms. The molecule has 2 atom stereocenters. The first-order valence-corrected chi connectivity index (χ1v) is 7.47. The van der Waals surface area contributed by atoms with Crippen molar-refractivity contribution in [2.75, 3.05) is 5.32 Å². The van der Waals surface area contributed by atoms with Gasteiger partial charge in [-0.1, -0.05) is 31.4 Å². The second-order valence-corrected chi connectivity index (χ2v) is 5.61. The maximum Gasteiger partial charge on any atom is 0.137 e. The van der Waals surface area contributed by atoms with Crippen molar-refractivity contribution >= 4 is 17.4 Å². The van der Waals surface area contributed by atoms with E-state index in [-0.39, 0.29) is 12.1 Å². The van der Waals surface area contributed by atoms with E-state index in [1.54, 1.807) is 0 Å². The highest BCUT2D eigenvalue weighted by molar-refractivity contribution is 6.30. The Morgan fingerprint density at radius 3 is 2.74 bits per heavy atom. The molecule has 4 nitrogen and oxygen atoms in total.